The molecule has 5 rings (SSSR count). The summed E-state index contributed by atoms with van der Waals surface area (Å²) in [6.45, 7) is 2.12. The minimum absolute atomic E-state index is 0.308. The van der Waals surface area contributed by atoms with Gasteiger partial charge in [0.15, 0.2) is 5.82 Å². The van der Waals surface area contributed by atoms with Gasteiger partial charge in [-0.2, -0.15) is 13.2 Å². The van der Waals surface area contributed by atoms with E-state index in [0.29, 0.717) is 44.5 Å². The maximum atomic E-state index is 13.3. The predicted octanol–water partition coefficient (Wildman–Crippen LogP) is 4.35. The molecular formula is C25H21F3N4O2. The van der Waals surface area contributed by atoms with Crippen LogP contribution in [0, 0.1) is 0 Å². The first kappa shape index (κ1) is 21.9. The molecule has 1 aromatic heterocycles. The molecule has 0 radical (unpaired) electrons. The summed E-state index contributed by atoms with van der Waals surface area (Å²) >= 11 is 0. The van der Waals surface area contributed by atoms with Gasteiger partial charge in [0.25, 0.3) is 5.91 Å². The number of nitrogens with zero attached hydrogens (tertiary/aromatic N) is 4. The number of anilines is 1. The molecule has 1 amide bonds. The number of carbonyl (C=O) groups is 1. The molecule has 0 unspecified atom stereocenters. The average Bonchev–Trinajstić information content (AvgIpc) is 3.42. The van der Waals surface area contributed by atoms with Crippen molar-refractivity contribution in [3.63, 3.8) is 0 Å². The summed E-state index contributed by atoms with van der Waals surface area (Å²) in [7, 11) is 0. The quantitative estimate of drug-likeness (QED) is 0.524. The molecule has 2 aromatic carbocycles. The van der Waals surface area contributed by atoms with Gasteiger partial charge in [-0.1, -0.05) is 42.5 Å². The third-order valence-corrected chi connectivity index (χ3v) is 5.96. The van der Waals surface area contributed by atoms with E-state index in [2.05, 4.69) is 10.2 Å². The SMILES string of the molecule is O=C(c1ccccc1C(F)(F)F)N1CC2=C(C1)CN(c1ccc(OCc3ccccc3)nn1)C2. The number of hydrogen-bond acceptors (Lipinski definition) is 5. The first-order valence-electron chi connectivity index (χ1n) is 10.8. The van der Waals surface area contributed by atoms with Gasteiger partial charge in [0.2, 0.25) is 5.88 Å². The van der Waals surface area contributed by atoms with E-state index in [4.69, 9.17) is 4.74 Å². The van der Waals surface area contributed by atoms with Gasteiger partial charge in [0.1, 0.15) is 6.61 Å². The van der Waals surface area contributed by atoms with E-state index in [-0.39, 0.29) is 5.56 Å². The summed E-state index contributed by atoms with van der Waals surface area (Å²) in [4.78, 5) is 16.4. The van der Waals surface area contributed by atoms with E-state index in [0.717, 1.165) is 22.8 Å². The van der Waals surface area contributed by atoms with Crippen molar-refractivity contribution in [1.29, 1.82) is 0 Å². The molecule has 0 N–H and O–H groups in total. The maximum absolute atomic E-state index is 13.3. The lowest BCUT2D eigenvalue weighted by molar-refractivity contribution is -0.138. The minimum atomic E-state index is -4.57. The van der Waals surface area contributed by atoms with Crippen molar-refractivity contribution >= 4 is 11.7 Å². The molecule has 6 nitrogen and oxygen atoms in total. The van der Waals surface area contributed by atoms with Gasteiger partial charge in [-0.25, -0.2) is 0 Å². The van der Waals surface area contributed by atoms with Crippen molar-refractivity contribution in [2.24, 2.45) is 0 Å². The molecule has 34 heavy (non-hydrogen) atoms. The van der Waals surface area contributed by atoms with Gasteiger partial charge >= 0.3 is 6.18 Å². The zero-order chi connectivity index (χ0) is 23.7. The summed E-state index contributed by atoms with van der Waals surface area (Å²) in [6, 6.07) is 18.3. The first-order chi connectivity index (χ1) is 16.4. The van der Waals surface area contributed by atoms with Crippen LogP contribution < -0.4 is 9.64 Å². The number of halogens is 3. The Kier molecular flexibility index (Phi) is 5.69. The number of ether oxygens (including phenoxy) is 1. The van der Waals surface area contributed by atoms with Crippen LogP contribution in [0.1, 0.15) is 21.5 Å². The number of benzene rings is 2. The maximum Gasteiger partial charge on any atom is 0.417 e. The van der Waals surface area contributed by atoms with Gasteiger partial charge in [-0.15, -0.1) is 10.2 Å². The van der Waals surface area contributed by atoms with Gasteiger partial charge < -0.3 is 14.5 Å². The summed E-state index contributed by atoms with van der Waals surface area (Å²) in [5.74, 6) is 0.503. The Balaban J connectivity index is 1.19. The Morgan fingerprint density at radius 3 is 2.18 bits per heavy atom. The highest BCUT2D eigenvalue weighted by molar-refractivity contribution is 5.96. The smallest absolute Gasteiger partial charge is 0.417 e. The Morgan fingerprint density at radius 2 is 1.53 bits per heavy atom. The van der Waals surface area contributed by atoms with Crippen LogP contribution in [0.2, 0.25) is 0 Å². The third kappa shape index (κ3) is 4.46. The van der Waals surface area contributed by atoms with E-state index in [1.165, 1.54) is 23.1 Å². The molecule has 0 saturated carbocycles. The van der Waals surface area contributed by atoms with Crippen molar-refractivity contribution < 1.29 is 22.7 Å². The molecular weight excluding hydrogens is 445 g/mol. The fourth-order valence-electron chi connectivity index (χ4n) is 4.26. The van der Waals surface area contributed by atoms with Crippen molar-refractivity contribution in [3.8, 4) is 5.88 Å². The lowest BCUT2D eigenvalue weighted by Crippen LogP contribution is -2.35. The fourth-order valence-corrected chi connectivity index (χ4v) is 4.26. The summed E-state index contributed by atoms with van der Waals surface area (Å²) in [5, 5.41) is 8.40. The van der Waals surface area contributed by atoms with Crippen LogP contribution in [0.3, 0.4) is 0 Å². The van der Waals surface area contributed by atoms with Crippen molar-refractivity contribution in [3.05, 3.63) is 94.6 Å². The fraction of sp³-hybridized carbons (Fsp3) is 0.240. The summed E-state index contributed by atoms with van der Waals surface area (Å²) in [5.41, 5.74) is 1.88. The molecule has 9 heteroatoms. The molecule has 2 aliphatic rings. The number of rotatable bonds is 5. The van der Waals surface area contributed by atoms with E-state index in [9.17, 15) is 18.0 Å². The van der Waals surface area contributed by atoms with Crippen LogP contribution in [0.5, 0.6) is 5.88 Å². The molecule has 0 saturated heterocycles. The van der Waals surface area contributed by atoms with Gasteiger partial charge in [0.05, 0.1) is 11.1 Å². The minimum Gasteiger partial charge on any atom is -0.472 e. The van der Waals surface area contributed by atoms with E-state index in [1.54, 1.807) is 6.07 Å². The second-order valence-corrected chi connectivity index (χ2v) is 8.27. The van der Waals surface area contributed by atoms with Gasteiger partial charge in [0, 0.05) is 32.2 Å². The highest BCUT2D eigenvalue weighted by atomic mass is 19.4. The average molecular weight is 466 g/mol. The lowest BCUT2D eigenvalue weighted by Gasteiger charge is -2.24. The van der Waals surface area contributed by atoms with Crippen LogP contribution in [-0.4, -0.2) is 47.2 Å². The number of amides is 1. The standard InChI is InChI=1S/C25H21F3N4O2/c26-25(27,28)21-9-5-4-8-20(21)24(33)32-14-18-12-31(13-19(18)15-32)22-10-11-23(30-29-22)34-16-17-6-2-1-3-7-17/h1-11H,12-16H2. The van der Waals surface area contributed by atoms with Crippen LogP contribution in [-0.2, 0) is 12.8 Å². The first-order valence-corrected chi connectivity index (χ1v) is 10.8. The highest BCUT2D eigenvalue weighted by Crippen LogP contribution is 2.34. The van der Waals surface area contributed by atoms with Crippen LogP contribution >= 0.6 is 0 Å². The molecule has 0 atom stereocenters. The predicted molar refractivity (Wildman–Crippen MR) is 119 cm³/mol. The Morgan fingerprint density at radius 1 is 0.853 bits per heavy atom. The van der Waals surface area contributed by atoms with Crippen molar-refractivity contribution in [2.75, 3.05) is 31.1 Å². The molecule has 174 valence electrons. The Bertz CT molecular complexity index is 1210. The topological polar surface area (TPSA) is 58.6 Å². The van der Waals surface area contributed by atoms with Crippen LogP contribution in [0.25, 0.3) is 0 Å². The monoisotopic (exact) mass is 466 g/mol. The van der Waals surface area contributed by atoms with Crippen molar-refractivity contribution in [1.82, 2.24) is 15.1 Å². The van der Waals surface area contributed by atoms with Gasteiger partial charge in [-0.05, 0) is 34.9 Å². The largest absolute Gasteiger partial charge is 0.472 e. The molecule has 3 aromatic rings. The zero-order valence-corrected chi connectivity index (χ0v) is 18.1. The molecule has 0 fully saturated rings. The van der Waals surface area contributed by atoms with Gasteiger partial charge in [-0.3, -0.25) is 4.79 Å². The number of hydrogen-bond donors (Lipinski definition) is 0. The zero-order valence-electron chi connectivity index (χ0n) is 18.1. The van der Waals surface area contributed by atoms with Crippen LogP contribution in [0.15, 0.2) is 77.9 Å². The molecule has 0 spiro atoms. The number of aromatic nitrogens is 2. The lowest BCUT2D eigenvalue weighted by atomic mass is 10.1. The van der Waals surface area contributed by atoms with E-state index in [1.807, 2.05) is 41.3 Å². The highest BCUT2D eigenvalue weighted by Gasteiger charge is 2.38. The summed E-state index contributed by atoms with van der Waals surface area (Å²) < 4.78 is 45.6. The molecule has 2 aliphatic heterocycles. The molecule has 0 aliphatic carbocycles. The molecule has 3 heterocycles. The van der Waals surface area contributed by atoms with Crippen LogP contribution in [0.4, 0.5) is 19.0 Å². The number of carbonyl (C=O) groups excluding carboxylic acids is 1. The van der Waals surface area contributed by atoms with E-state index >= 15 is 0 Å². The number of alkyl halides is 3. The Hall–Kier alpha value is -3.88. The second kappa shape index (κ2) is 8.81. The van der Waals surface area contributed by atoms with Crippen molar-refractivity contribution in [2.45, 2.75) is 12.8 Å². The summed E-state index contributed by atoms with van der Waals surface area (Å²) in [6.07, 6.45) is -4.57. The Labute approximate surface area is 194 Å². The normalized spacial score (nSPS) is 15.6. The third-order valence-electron chi connectivity index (χ3n) is 5.96. The van der Waals surface area contributed by atoms with E-state index < -0.39 is 17.6 Å². The molecule has 0 bridgehead atoms. The second-order valence-electron chi connectivity index (χ2n) is 8.27.